The molecule has 1 aromatic heterocycles. The topological polar surface area (TPSA) is 29.9 Å². The summed E-state index contributed by atoms with van der Waals surface area (Å²) in [6.07, 6.45) is 3.78. The number of aromatic nitrogens is 2. The number of benzene rings is 1. The van der Waals surface area contributed by atoms with Crippen molar-refractivity contribution in [3.8, 4) is 0 Å². The van der Waals surface area contributed by atoms with Gasteiger partial charge in [-0.05, 0) is 44.4 Å². The molecule has 21 heavy (non-hydrogen) atoms. The van der Waals surface area contributed by atoms with Gasteiger partial charge in [0.05, 0.1) is 23.0 Å². The molecule has 0 aliphatic heterocycles. The highest BCUT2D eigenvalue weighted by Crippen LogP contribution is 2.26. The summed E-state index contributed by atoms with van der Waals surface area (Å²) in [5.41, 5.74) is 3.77. The standard InChI is InChI=1S/C17H24ClN3/c1-4-10-19-16(11-14-9-7-6-8-13(14)3)17-15(18)12-20-21(17)5-2/h6-9,12,16,19H,4-5,10-11H2,1-3H3. The van der Waals surface area contributed by atoms with E-state index in [4.69, 9.17) is 11.6 Å². The molecule has 0 radical (unpaired) electrons. The summed E-state index contributed by atoms with van der Waals surface area (Å²) in [7, 11) is 0. The van der Waals surface area contributed by atoms with Crippen LogP contribution in [0.2, 0.25) is 5.02 Å². The minimum Gasteiger partial charge on any atom is -0.308 e. The molecule has 0 aliphatic carbocycles. The second kappa shape index (κ2) is 7.62. The lowest BCUT2D eigenvalue weighted by Crippen LogP contribution is -2.27. The Kier molecular flexibility index (Phi) is 5.83. The second-order valence-electron chi connectivity index (χ2n) is 5.33. The van der Waals surface area contributed by atoms with Crippen LogP contribution in [0.4, 0.5) is 0 Å². The molecule has 114 valence electrons. The minimum absolute atomic E-state index is 0.195. The molecule has 1 N–H and O–H groups in total. The van der Waals surface area contributed by atoms with Crippen LogP contribution in [0, 0.1) is 6.92 Å². The summed E-state index contributed by atoms with van der Waals surface area (Å²) in [6.45, 7) is 8.24. The van der Waals surface area contributed by atoms with Crippen LogP contribution in [0.15, 0.2) is 30.5 Å². The van der Waals surface area contributed by atoms with Crippen LogP contribution < -0.4 is 5.32 Å². The van der Waals surface area contributed by atoms with Gasteiger partial charge >= 0.3 is 0 Å². The van der Waals surface area contributed by atoms with Gasteiger partial charge in [0.15, 0.2) is 0 Å². The van der Waals surface area contributed by atoms with E-state index in [1.807, 2.05) is 4.68 Å². The van der Waals surface area contributed by atoms with Crippen molar-refractivity contribution in [1.29, 1.82) is 0 Å². The van der Waals surface area contributed by atoms with E-state index in [1.54, 1.807) is 6.20 Å². The minimum atomic E-state index is 0.195. The molecule has 4 heteroatoms. The van der Waals surface area contributed by atoms with Crippen LogP contribution in [0.5, 0.6) is 0 Å². The Balaban J connectivity index is 2.30. The number of hydrogen-bond acceptors (Lipinski definition) is 2. The van der Waals surface area contributed by atoms with Crippen LogP contribution in [-0.4, -0.2) is 16.3 Å². The molecule has 3 nitrogen and oxygen atoms in total. The Morgan fingerprint density at radius 3 is 2.71 bits per heavy atom. The molecule has 1 atom stereocenters. The van der Waals surface area contributed by atoms with Gasteiger partial charge in [-0.2, -0.15) is 5.10 Å². The van der Waals surface area contributed by atoms with E-state index in [1.165, 1.54) is 11.1 Å². The molecule has 2 rings (SSSR count). The van der Waals surface area contributed by atoms with Gasteiger partial charge in [0.2, 0.25) is 0 Å². The highest BCUT2D eigenvalue weighted by Gasteiger charge is 2.20. The third-order valence-corrected chi connectivity index (χ3v) is 4.08. The van der Waals surface area contributed by atoms with Crippen molar-refractivity contribution in [2.24, 2.45) is 0 Å². The normalized spacial score (nSPS) is 12.6. The van der Waals surface area contributed by atoms with E-state index < -0.39 is 0 Å². The number of hydrogen-bond donors (Lipinski definition) is 1. The first-order valence-electron chi connectivity index (χ1n) is 7.66. The van der Waals surface area contributed by atoms with Crippen LogP contribution in [0.1, 0.15) is 43.1 Å². The number of nitrogens with one attached hydrogen (secondary N) is 1. The molecule has 2 aromatic rings. The monoisotopic (exact) mass is 305 g/mol. The summed E-state index contributed by atoms with van der Waals surface area (Å²) in [5, 5.41) is 8.74. The maximum atomic E-state index is 6.38. The van der Waals surface area contributed by atoms with Gasteiger partial charge in [0.25, 0.3) is 0 Å². The number of rotatable bonds is 7. The number of nitrogens with zero attached hydrogens (tertiary/aromatic N) is 2. The predicted molar refractivity (Wildman–Crippen MR) is 88.8 cm³/mol. The van der Waals surface area contributed by atoms with Crippen LogP contribution in [-0.2, 0) is 13.0 Å². The molecule has 1 aromatic carbocycles. The highest BCUT2D eigenvalue weighted by atomic mass is 35.5. The van der Waals surface area contributed by atoms with Crippen molar-refractivity contribution in [2.75, 3.05) is 6.54 Å². The first kappa shape index (κ1) is 16.1. The molecule has 0 amide bonds. The Morgan fingerprint density at radius 2 is 2.05 bits per heavy atom. The Hall–Kier alpha value is -1.32. The van der Waals surface area contributed by atoms with Gasteiger partial charge in [0, 0.05) is 6.54 Å². The third kappa shape index (κ3) is 3.86. The predicted octanol–water partition coefficient (Wildman–Crippen LogP) is 4.15. The fourth-order valence-electron chi connectivity index (χ4n) is 2.61. The average Bonchev–Trinajstić information content (AvgIpc) is 2.86. The van der Waals surface area contributed by atoms with Gasteiger partial charge in [-0.25, -0.2) is 0 Å². The zero-order valence-electron chi connectivity index (χ0n) is 13.1. The number of aryl methyl sites for hydroxylation is 2. The molecule has 1 heterocycles. The first-order chi connectivity index (χ1) is 10.2. The zero-order chi connectivity index (χ0) is 15.2. The highest BCUT2D eigenvalue weighted by molar-refractivity contribution is 6.31. The van der Waals surface area contributed by atoms with Crippen LogP contribution >= 0.6 is 11.6 Å². The molecular formula is C17H24ClN3. The fourth-order valence-corrected chi connectivity index (χ4v) is 2.89. The maximum absolute atomic E-state index is 6.38. The smallest absolute Gasteiger partial charge is 0.0834 e. The lowest BCUT2D eigenvalue weighted by atomic mass is 9.99. The Morgan fingerprint density at radius 1 is 1.29 bits per heavy atom. The summed E-state index contributed by atoms with van der Waals surface area (Å²) >= 11 is 6.38. The van der Waals surface area contributed by atoms with Gasteiger partial charge in [-0.3, -0.25) is 4.68 Å². The first-order valence-corrected chi connectivity index (χ1v) is 8.04. The molecule has 0 fully saturated rings. The van der Waals surface area contributed by atoms with Crippen molar-refractivity contribution >= 4 is 11.6 Å². The van der Waals surface area contributed by atoms with Gasteiger partial charge in [-0.15, -0.1) is 0 Å². The van der Waals surface area contributed by atoms with Crippen molar-refractivity contribution in [3.63, 3.8) is 0 Å². The average molecular weight is 306 g/mol. The van der Waals surface area contributed by atoms with E-state index in [2.05, 4.69) is 55.5 Å². The third-order valence-electron chi connectivity index (χ3n) is 3.79. The largest absolute Gasteiger partial charge is 0.308 e. The van der Waals surface area contributed by atoms with Gasteiger partial charge < -0.3 is 5.32 Å². The summed E-state index contributed by atoms with van der Waals surface area (Å²) in [5.74, 6) is 0. The van der Waals surface area contributed by atoms with E-state index >= 15 is 0 Å². The Labute approximate surface area is 132 Å². The van der Waals surface area contributed by atoms with E-state index in [0.29, 0.717) is 0 Å². The molecule has 0 bridgehead atoms. The molecule has 0 saturated carbocycles. The van der Waals surface area contributed by atoms with E-state index in [0.717, 1.165) is 36.6 Å². The zero-order valence-corrected chi connectivity index (χ0v) is 13.8. The van der Waals surface area contributed by atoms with E-state index in [-0.39, 0.29) is 6.04 Å². The Bertz CT molecular complexity index is 577. The molecule has 1 unspecified atom stereocenters. The van der Waals surface area contributed by atoms with E-state index in [9.17, 15) is 0 Å². The molecule has 0 spiro atoms. The summed E-state index contributed by atoms with van der Waals surface area (Å²) in [4.78, 5) is 0. The molecule has 0 saturated heterocycles. The molecule has 0 aliphatic rings. The quantitative estimate of drug-likeness (QED) is 0.833. The van der Waals surface area contributed by atoms with Crippen molar-refractivity contribution < 1.29 is 0 Å². The van der Waals surface area contributed by atoms with Gasteiger partial charge in [-0.1, -0.05) is 42.8 Å². The summed E-state index contributed by atoms with van der Waals surface area (Å²) in [6, 6.07) is 8.72. The number of halogens is 1. The fraction of sp³-hybridized carbons (Fsp3) is 0.471. The lowest BCUT2D eigenvalue weighted by molar-refractivity contribution is 0.478. The second-order valence-corrected chi connectivity index (χ2v) is 5.74. The van der Waals surface area contributed by atoms with Crippen molar-refractivity contribution in [2.45, 2.75) is 46.2 Å². The van der Waals surface area contributed by atoms with Crippen molar-refractivity contribution in [3.05, 3.63) is 52.3 Å². The van der Waals surface area contributed by atoms with Gasteiger partial charge in [0.1, 0.15) is 0 Å². The molecular weight excluding hydrogens is 282 g/mol. The SMILES string of the molecule is CCCNC(Cc1ccccc1C)c1c(Cl)cnn1CC. The van der Waals surface area contributed by atoms with Crippen LogP contribution in [0.25, 0.3) is 0 Å². The summed E-state index contributed by atoms with van der Waals surface area (Å²) < 4.78 is 1.99. The lowest BCUT2D eigenvalue weighted by Gasteiger charge is -2.21. The van der Waals surface area contributed by atoms with Crippen molar-refractivity contribution in [1.82, 2.24) is 15.1 Å². The maximum Gasteiger partial charge on any atom is 0.0834 e. The van der Waals surface area contributed by atoms with Crippen LogP contribution in [0.3, 0.4) is 0 Å².